The third-order valence-corrected chi connectivity index (χ3v) is 2.98. The SMILES string of the molecule is NC1CC1C(CO)c1ccc(F)c(F)c1. The molecule has 2 nitrogen and oxygen atoms in total. The van der Waals surface area contributed by atoms with Crippen LogP contribution in [-0.2, 0) is 0 Å². The molecule has 2 rings (SSSR count). The lowest BCUT2D eigenvalue weighted by Gasteiger charge is -2.14. The van der Waals surface area contributed by atoms with Crippen molar-refractivity contribution in [2.75, 3.05) is 6.61 Å². The minimum Gasteiger partial charge on any atom is -0.396 e. The highest BCUT2D eigenvalue weighted by molar-refractivity contribution is 5.25. The van der Waals surface area contributed by atoms with Gasteiger partial charge in [0, 0.05) is 12.0 Å². The molecule has 1 aromatic rings. The van der Waals surface area contributed by atoms with Gasteiger partial charge in [-0.1, -0.05) is 6.07 Å². The van der Waals surface area contributed by atoms with Gasteiger partial charge in [0.15, 0.2) is 11.6 Å². The number of benzene rings is 1. The quantitative estimate of drug-likeness (QED) is 0.797. The maximum Gasteiger partial charge on any atom is 0.159 e. The molecule has 0 radical (unpaired) electrons. The highest BCUT2D eigenvalue weighted by Crippen LogP contribution is 2.41. The van der Waals surface area contributed by atoms with E-state index in [0.29, 0.717) is 5.56 Å². The monoisotopic (exact) mass is 213 g/mol. The zero-order chi connectivity index (χ0) is 11.0. The van der Waals surface area contributed by atoms with Crippen molar-refractivity contribution in [1.29, 1.82) is 0 Å². The Morgan fingerprint density at radius 3 is 2.53 bits per heavy atom. The largest absolute Gasteiger partial charge is 0.396 e. The summed E-state index contributed by atoms with van der Waals surface area (Å²) >= 11 is 0. The molecule has 1 aliphatic carbocycles. The Balaban J connectivity index is 2.23. The van der Waals surface area contributed by atoms with E-state index in [-0.39, 0.29) is 24.5 Å². The van der Waals surface area contributed by atoms with Crippen molar-refractivity contribution < 1.29 is 13.9 Å². The van der Waals surface area contributed by atoms with Gasteiger partial charge < -0.3 is 10.8 Å². The second kappa shape index (κ2) is 3.87. The van der Waals surface area contributed by atoms with E-state index in [2.05, 4.69) is 0 Å². The second-order valence-electron chi connectivity index (χ2n) is 4.03. The standard InChI is InChI=1S/C11H13F2NO/c12-9-2-1-6(3-10(9)13)8(5-15)7-4-11(7)14/h1-3,7-8,11,15H,4-5,14H2. The molecule has 0 bridgehead atoms. The number of hydrogen-bond donors (Lipinski definition) is 2. The normalized spacial score (nSPS) is 26.4. The molecule has 0 aliphatic heterocycles. The molecular formula is C11H13F2NO. The van der Waals surface area contributed by atoms with Gasteiger partial charge in [0.2, 0.25) is 0 Å². The van der Waals surface area contributed by atoms with Crippen molar-refractivity contribution in [3.05, 3.63) is 35.4 Å². The number of rotatable bonds is 3. The lowest BCUT2D eigenvalue weighted by Crippen LogP contribution is -2.13. The number of aliphatic hydroxyl groups excluding tert-OH is 1. The number of halogens is 2. The highest BCUT2D eigenvalue weighted by atomic mass is 19.2. The Hall–Kier alpha value is -1.00. The first kappa shape index (κ1) is 10.5. The molecule has 3 unspecified atom stereocenters. The van der Waals surface area contributed by atoms with E-state index < -0.39 is 11.6 Å². The molecule has 1 fully saturated rings. The molecule has 1 saturated carbocycles. The molecule has 1 aromatic carbocycles. The zero-order valence-corrected chi connectivity index (χ0v) is 8.16. The summed E-state index contributed by atoms with van der Waals surface area (Å²) in [5.74, 6) is -1.72. The predicted octanol–water partition coefficient (Wildman–Crippen LogP) is 1.39. The van der Waals surface area contributed by atoms with Gasteiger partial charge in [0.1, 0.15) is 0 Å². The number of nitrogens with two attached hydrogens (primary N) is 1. The summed E-state index contributed by atoms with van der Waals surface area (Å²) in [7, 11) is 0. The molecule has 3 atom stereocenters. The topological polar surface area (TPSA) is 46.2 Å². The van der Waals surface area contributed by atoms with Crippen LogP contribution in [-0.4, -0.2) is 17.8 Å². The minimum atomic E-state index is -0.875. The number of aliphatic hydroxyl groups is 1. The Morgan fingerprint density at radius 1 is 1.40 bits per heavy atom. The van der Waals surface area contributed by atoms with Crippen LogP contribution in [0.1, 0.15) is 17.9 Å². The first-order chi connectivity index (χ1) is 7.13. The summed E-state index contributed by atoms with van der Waals surface area (Å²) in [6.45, 7) is -0.0799. The van der Waals surface area contributed by atoms with Gasteiger partial charge in [-0.15, -0.1) is 0 Å². The molecule has 0 heterocycles. The molecule has 15 heavy (non-hydrogen) atoms. The summed E-state index contributed by atoms with van der Waals surface area (Å²) < 4.78 is 25.7. The maximum atomic E-state index is 13.0. The van der Waals surface area contributed by atoms with Crippen LogP contribution in [0.3, 0.4) is 0 Å². The molecule has 0 saturated heterocycles. The fourth-order valence-electron chi connectivity index (χ4n) is 1.93. The van der Waals surface area contributed by atoms with Crippen molar-refractivity contribution >= 4 is 0 Å². The van der Waals surface area contributed by atoms with E-state index in [1.165, 1.54) is 6.07 Å². The summed E-state index contributed by atoms with van der Waals surface area (Å²) in [5, 5.41) is 9.20. The molecule has 0 spiro atoms. The Bertz CT molecular complexity index is 370. The van der Waals surface area contributed by atoms with Crippen LogP contribution in [0.2, 0.25) is 0 Å². The molecule has 4 heteroatoms. The highest BCUT2D eigenvalue weighted by Gasteiger charge is 2.40. The number of hydrogen-bond acceptors (Lipinski definition) is 2. The van der Waals surface area contributed by atoms with Gasteiger partial charge >= 0.3 is 0 Å². The smallest absolute Gasteiger partial charge is 0.159 e. The average Bonchev–Trinajstić information content (AvgIpc) is 2.90. The van der Waals surface area contributed by atoms with Crippen LogP contribution in [0.15, 0.2) is 18.2 Å². The van der Waals surface area contributed by atoms with E-state index in [4.69, 9.17) is 5.73 Å². The summed E-state index contributed by atoms with van der Waals surface area (Å²) in [5.41, 5.74) is 6.29. The van der Waals surface area contributed by atoms with Crippen LogP contribution in [0.5, 0.6) is 0 Å². The Kier molecular flexibility index (Phi) is 2.71. The first-order valence-corrected chi connectivity index (χ1v) is 4.95. The van der Waals surface area contributed by atoms with Crippen molar-refractivity contribution in [2.24, 2.45) is 11.7 Å². The molecule has 82 valence electrons. The molecule has 0 amide bonds. The van der Waals surface area contributed by atoms with E-state index in [0.717, 1.165) is 18.6 Å². The fraction of sp³-hybridized carbons (Fsp3) is 0.455. The minimum absolute atomic E-state index is 0.0789. The molecule has 3 N–H and O–H groups in total. The fourth-order valence-corrected chi connectivity index (χ4v) is 1.93. The van der Waals surface area contributed by atoms with Crippen LogP contribution in [0.25, 0.3) is 0 Å². The van der Waals surface area contributed by atoms with Crippen molar-refractivity contribution in [1.82, 2.24) is 0 Å². The summed E-state index contributed by atoms with van der Waals surface area (Å²) in [6, 6.07) is 3.81. The lowest BCUT2D eigenvalue weighted by atomic mass is 9.94. The second-order valence-corrected chi connectivity index (χ2v) is 4.03. The molecule has 0 aromatic heterocycles. The predicted molar refractivity (Wildman–Crippen MR) is 52.3 cm³/mol. The third-order valence-electron chi connectivity index (χ3n) is 2.98. The van der Waals surface area contributed by atoms with Crippen molar-refractivity contribution in [3.63, 3.8) is 0 Å². The van der Waals surface area contributed by atoms with Gasteiger partial charge in [-0.25, -0.2) is 8.78 Å². The van der Waals surface area contributed by atoms with E-state index in [9.17, 15) is 13.9 Å². The molecular weight excluding hydrogens is 200 g/mol. The van der Waals surface area contributed by atoms with Gasteiger partial charge in [-0.3, -0.25) is 0 Å². The Labute approximate surface area is 86.7 Å². The third kappa shape index (κ3) is 2.01. The zero-order valence-electron chi connectivity index (χ0n) is 8.16. The van der Waals surface area contributed by atoms with Gasteiger partial charge in [0.05, 0.1) is 6.61 Å². The first-order valence-electron chi connectivity index (χ1n) is 4.95. The van der Waals surface area contributed by atoms with Crippen LogP contribution in [0, 0.1) is 17.6 Å². The summed E-state index contributed by atoms with van der Waals surface area (Å²) in [6.07, 6.45) is 0.838. The van der Waals surface area contributed by atoms with Crippen molar-refractivity contribution in [3.8, 4) is 0 Å². The van der Waals surface area contributed by atoms with Gasteiger partial charge in [-0.05, 0) is 30.0 Å². The van der Waals surface area contributed by atoms with E-state index in [1.54, 1.807) is 0 Å². The molecule has 1 aliphatic rings. The maximum absolute atomic E-state index is 13.0. The lowest BCUT2D eigenvalue weighted by molar-refractivity contribution is 0.251. The van der Waals surface area contributed by atoms with Gasteiger partial charge in [-0.2, -0.15) is 0 Å². The van der Waals surface area contributed by atoms with Crippen LogP contribution in [0.4, 0.5) is 8.78 Å². The van der Waals surface area contributed by atoms with Gasteiger partial charge in [0.25, 0.3) is 0 Å². The van der Waals surface area contributed by atoms with Crippen LogP contribution >= 0.6 is 0 Å². The van der Waals surface area contributed by atoms with Crippen molar-refractivity contribution in [2.45, 2.75) is 18.4 Å². The average molecular weight is 213 g/mol. The summed E-state index contributed by atoms with van der Waals surface area (Å²) in [4.78, 5) is 0. The van der Waals surface area contributed by atoms with E-state index >= 15 is 0 Å². The van der Waals surface area contributed by atoms with E-state index in [1.807, 2.05) is 0 Å². The Morgan fingerprint density at radius 2 is 2.07 bits per heavy atom. The van der Waals surface area contributed by atoms with Crippen LogP contribution < -0.4 is 5.73 Å².